The maximum absolute atomic E-state index is 12.5. The Balaban J connectivity index is 1.47. The summed E-state index contributed by atoms with van der Waals surface area (Å²) in [4.78, 5) is 14.7. The summed E-state index contributed by atoms with van der Waals surface area (Å²) in [6.45, 7) is 2.27. The Hall–Kier alpha value is -3.31. The predicted octanol–water partition coefficient (Wildman–Crippen LogP) is 4.31. The smallest absolute Gasteiger partial charge is 0.251 e. The van der Waals surface area contributed by atoms with Crippen LogP contribution in [0.3, 0.4) is 0 Å². The normalized spacial score (nSPS) is 10.7. The summed E-state index contributed by atoms with van der Waals surface area (Å²) < 4.78 is 10.6. The first-order valence-electron chi connectivity index (χ1n) is 10.4. The summed E-state index contributed by atoms with van der Waals surface area (Å²) in [6.07, 6.45) is 0.717. The zero-order valence-electron chi connectivity index (χ0n) is 18.4. The lowest BCUT2D eigenvalue weighted by molar-refractivity contribution is 0.0954. The lowest BCUT2D eigenvalue weighted by atomic mass is 10.1. The fourth-order valence-electron chi connectivity index (χ4n) is 3.48. The zero-order valence-corrected chi connectivity index (χ0v) is 18.4. The molecule has 0 saturated carbocycles. The molecule has 3 rings (SSSR count). The van der Waals surface area contributed by atoms with E-state index in [0.717, 1.165) is 18.7 Å². The molecule has 0 radical (unpaired) electrons. The van der Waals surface area contributed by atoms with Crippen molar-refractivity contribution < 1.29 is 14.3 Å². The van der Waals surface area contributed by atoms with E-state index in [2.05, 4.69) is 41.5 Å². The van der Waals surface area contributed by atoms with E-state index in [1.807, 2.05) is 48.5 Å². The van der Waals surface area contributed by atoms with Crippen LogP contribution in [0.15, 0.2) is 72.8 Å². The molecule has 162 valence electrons. The van der Waals surface area contributed by atoms with Crippen molar-refractivity contribution in [2.45, 2.75) is 19.5 Å². The molecule has 5 nitrogen and oxygen atoms in total. The number of nitrogens with one attached hydrogen (secondary N) is 1. The van der Waals surface area contributed by atoms with Crippen LogP contribution in [0.25, 0.3) is 0 Å². The van der Waals surface area contributed by atoms with Crippen molar-refractivity contribution in [3.8, 4) is 11.5 Å². The minimum absolute atomic E-state index is 0.0651. The second-order valence-corrected chi connectivity index (χ2v) is 7.55. The van der Waals surface area contributed by atoms with E-state index in [-0.39, 0.29) is 5.91 Å². The van der Waals surface area contributed by atoms with E-state index in [0.29, 0.717) is 30.0 Å². The summed E-state index contributed by atoms with van der Waals surface area (Å²) >= 11 is 0. The Morgan fingerprint density at radius 1 is 0.806 bits per heavy atom. The fourth-order valence-corrected chi connectivity index (χ4v) is 3.48. The van der Waals surface area contributed by atoms with Crippen molar-refractivity contribution in [3.05, 3.63) is 95.1 Å². The van der Waals surface area contributed by atoms with E-state index in [4.69, 9.17) is 9.47 Å². The van der Waals surface area contributed by atoms with Crippen molar-refractivity contribution in [2.24, 2.45) is 0 Å². The third-order valence-electron chi connectivity index (χ3n) is 5.11. The van der Waals surface area contributed by atoms with Crippen molar-refractivity contribution in [1.82, 2.24) is 10.2 Å². The van der Waals surface area contributed by atoms with Gasteiger partial charge in [-0.1, -0.05) is 48.5 Å². The molecule has 0 aliphatic rings. The molecule has 1 N–H and O–H groups in total. The van der Waals surface area contributed by atoms with Gasteiger partial charge in [0.15, 0.2) is 11.5 Å². The first-order valence-corrected chi connectivity index (χ1v) is 10.4. The molecule has 0 aromatic heterocycles. The van der Waals surface area contributed by atoms with Crippen LogP contribution in [0.2, 0.25) is 0 Å². The number of benzene rings is 3. The van der Waals surface area contributed by atoms with Gasteiger partial charge in [-0.2, -0.15) is 0 Å². The van der Waals surface area contributed by atoms with Gasteiger partial charge in [0.2, 0.25) is 0 Å². The van der Waals surface area contributed by atoms with Gasteiger partial charge in [-0.05, 0) is 54.4 Å². The average Bonchev–Trinajstić information content (AvgIpc) is 2.80. The number of carbonyl (C=O) groups excluding carboxylic acids is 1. The molecule has 0 bridgehead atoms. The van der Waals surface area contributed by atoms with Crippen LogP contribution in [0.5, 0.6) is 11.5 Å². The van der Waals surface area contributed by atoms with Gasteiger partial charge >= 0.3 is 0 Å². The maximum Gasteiger partial charge on any atom is 0.251 e. The Morgan fingerprint density at radius 3 is 2.06 bits per heavy atom. The third-order valence-corrected chi connectivity index (χ3v) is 5.11. The SMILES string of the molecule is COc1ccc(CCNC(=O)c2ccc(CN(C)Cc3ccccc3)cc2)cc1OC. The van der Waals surface area contributed by atoms with Gasteiger partial charge in [0.1, 0.15) is 0 Å². The average molecular weight is 419 g/mol. The van der Waals surface area contributed by atoms with Crippen LogP contribution < -0.4 is 14.8 Å². The van der Waals surface area contributed by atoms with E-state index < -0.39 is 0 Å². The molecule has 0 saturated heterocycles. The predicted molar refractivity (Wildman–Crippen MR) is 124 cm³/mol. The molecule has 31 heavy (non-hydrogen) atoms. The van der Waals surface area contributed by atoms with Gasteiger partial charge in [-0.25, -0.2) is 0 Å². The van der Waals surface area contributed by atoms with Crippen LogP contribution in [0.1, 0.15) is 27.0 Å². The summed E-state index contributed by atoms with van der Waals surface area (Å²) in [6, 6.07) is 24.0. The molecule has 0 aliphatic heterocycles. The number of rotatable bonds is 10. The Kier molecular flexibility index (Phi) is 8.07. The van der Waals surface area contributed by atoms with Crippen LogP contribution in [0.4, 0.5) is 0 Å². The zero-order chi connectivity index (χ0) is 22.1. The highest BCUT2D eigenvalue weighted by atomic mass is 16.5. The van der Waals surface area contributed by atoms with Gasteiger partial charge in [0.05, 0.1) is 14.2 Å². The number of hydrogen-bond donors (Lipinski definition) is 1. The molecule has 3 aromatic rings. The molecule has 0 fully saturated rings. The van der Waals surface area contributed by atoms with E-state index >= 15 is 0 Å². The third kappa shape index (κ3) is 6.59. The Bertz CT molecular complexity index is 972. The lowest BCUT2D eigenvalue weighted by Crippen LogP contribution is -2.25. The largest absolute Gasteiger partial charge is 0.493 e. The lowest BCUT2D eigenvalue weighted by Gasteiger charge is -2.17. The van der Waals surface area contributed by atoms with Crippen LogP contribution in [-0.2, 0) is 19.5 Å². The van der Waals surface area contributed by atoms with Gasteiger partial charge in [-0.15, -0.1) is 0 Å². The van der Waals surface area contributed by atoms with Crippen LogP contribution in [0, 0.1) is 0 Å². The van der Waals surface area contributed by atoms with Gasteiger partial charge < -0.3 is 14.8 Å². The quantitative estimate of drug-likeness (QED) is 0.533. The van der Waals surface area contributed by atoms with Crippen molar-refractivity contribution in [2.75, 3.05) is 27.8 Å². The number of nitrogens with zero attached hydrogens (tertiary/aromatic N) is 1. The van der Waals surface area contributed by atoms with Crippen molar-refractivity contribution in [1.29, 1.82) is 0 Å². The minimum atomic E-state index is -0.0651. The highest BCUT2D eigenvalue weighted by Crippen LogP contribution is 2.27. The Morgan fingerprint density at radius 2 is 1.42 bits per heavy atom. The standard InChI is InChI=1S/C26H30N2O3/c1-28(18-21-7-5-4-6-8-21)19-22-9-12-23(13-10-22)26(29)27-16-15-20-11-14-24(30-2)25(17-20)31-3/h4-14,17H,15-16,18-19H2,1-3H3,(H,27,29). The highest BCUT2D eigenvalue weighted by molar-refractivity contribution is 5.94. The van der Waals surface area contributed by atoms with Crippen molar-refractivity contribution >= 4 is 5.91 Å². The first kappa shape index (κ1) is 22.4. The molecule has 5 heteroatoms. The first-order chi connectivity index (χ1) is 15.1. The van der Waals surface area contributed by atoms with Crippen LogP contribution >= 0.6 is 0 Å². The van der Waals surface area contributed by atoms with E-state index in [1.165, 1.54) is 11.1 Å². The maximum atomic E-state index is 12.5. The minimum Gasteiger partial charge on any atom is -0.493 e. The molecule has 0 atom stereocenters. The molecule has 0 unspecified atom stereocenters. The van der Waals surface area contributed by atoms with E-state index in [1.54, 1.807) is 14.2 Å². The Labute approximate surface area is 184 Å². The molecular formula is C26H30N2O3. The fraction of sp³-hybridized carbons (Fsp3) is 0.269. The summed E-state index contributed by atoms with van der Waals surface area (Å²) in [5.74, 6) is 1.33. The summed E-state index contributed by atoms with van der Waals surface area (Å²) in [7, 11) is 5.33. The molecule has 0 spiro atoms. The molecule has 0 heterocycles. The topological polar surface area (TPSA) is 50.8 Å². The summed E-state index contributed by atoms with van der Waals surface area (Å²) in [5, 5.41) is 2.99. The number of hydrogen-bond acceptors (Lipinski definition) is 4. The van der Waals surface area contributed by atoms with Crippen molar-refractivity contribution in [3.63, 3.8) is 0 Å². The van der Waals surface area contributed by atoms with E-state index in [9.17, 15) is 4.79 Å². The number of carbonyl (C=O) groups is 1. The van der Waals surface area contributed by atoms with Gasteiger partial charge in [-0.3, -0.25) is 9.69 Å². The van der Waals surface area contributed by atoms with Gasteiger partial charge in [0, 0.05) is 25.2 Å². The highest BCUT2D eigenvalue weighted by Gasteiger charge is 2.08. The number of ether oxygens (including phenoxy) is 2. The molecular weight excluding hydrogens is 388 g/mol. The summed E-state index contributed by atoms with van der Waals surface area (Å²) in [5.41, 5.74) is 4.22. The monoisotopic (exact) mass is 418 g/mol. The van der Waals surface area contributed by atoms with Crippen LogP contribution in [-0.4, -0.2) is 38.6 Å². The second kappa shape index (κ2) is 11.2. The number of methoxy groups -OCH3 is 2. The molecule has 3 aromatic carbocycles. The molecule has 1 amide bonds. The van der Waals surface area contributed by atoms with Gasteiger partial charge in [0.25, 0.3) is 5.91 Å². The molecule has 0 aliphatic carbocycles. The number of amides is 1. The second-order valence-electron chi connectivity index (χ2n) is 7.55.